The van der Waals surface area contributed by atoms with Gasteiger partial charge in [0.2, 0.25) is 11.2 Å². The Bertz CT molecular complexity index is 1320. The summed E-state index contributed by atoms with van der Waals surface area (Å²) < 4.78 is 11.3. The monoisotopic (exact) mass is 436 g/mol. The zero-order valence-corrected chi connectivity index (χ0v) is 17.0. The maximum absolute atomic E-state index is 13.1. The lowest BCUT2D eigenvalue weighted by molar-refractivity contribution is -0.129. The summed E-state index contributed by atoms with van der Waals surface area (Å²) in [5.74, 6) is -0.900. The van der Waals surface area contributed by atoms with Crippen molar-refractivity contribution in [3.8, 4) is 17.1 Å². The fraction of sp³-hybridized carbons (Fsp3) is 0. The van der Waals surface area contributed by atoms with E-state index in [9.17, 15) is 9.59 Å². The average molecular weight is 437 g/mol. The molecule has 0 bridgehead atoms. The predicted octanol–water partition coefficient (Wildman–Crippen LogP) is 6.39. The van der Waals surface area contributed by atoms with Crippen molar-refractivity contribution >= 4 is 46.2 Å². The van der Waals surface area contributed by atoms with Gasteiger partial charge in [0.15, 0.2) is 5.76 Å². The van der Waals surface area contributed by atoms with Crippen molar-refractivity contribution in [3.05, 3.63) is 105 Å². The first-order valence-corrected chi connectivity index (χ1v) is 9.75. The Morgan fingerprint density at radius 2 is 1.67 bits per heavy atom. The molecule has 0 spiro atoms. The topological polar surface area (TPSA) is 56.5 Å². The van der Waals surface area contributed by atoms with Gasteiger partial charge in [-0.15, -0.1) is 0 Å². The Kier molecular flexibility index (Phi) is 5.70. The van der Waals surface area contributed by atoms with Crippen LogP contribution in [-0.2, 0) is 4.79 Å². The van der Waals surface area contributed by atoms with Crippen LogP contribution >= 0.6 is 23.2 Å². The molecule has 0 radical (unpaired) electrons. The molecule has 0 aliphatic heterocycles. The highest BCUT2D eigenvalue weighted by molar-refractivity contribution is 6.33. The second kappa shape index (κ2) is 8.57. The predicted molar refractivity (Wildman–Crippen MR) is 119 cm³/mol. The zero-order valence-electron chi connectivity index (χ0n) is 15.5. The van der Waals surface area contributed by atoms with Gasteiger partial charge in [0.1, 0.15) is 5.58 Å². The normalized spacial score (nSPS) is 11.1. The third-order valence-corrected chi connectivity index (χ3v) is 4.91. The molecule has 4 aromatic rings. The van der Waals surface area contributed by atoms with Crippen molar-refractivity contribution in [1.29, 1.82) is 0 Å². The molecule has 0 saturated heterocycles. The number of ether oxygens (including phenoxy) is 1. The van der Waals surface area contributed by atoms with E-state index in [-0.39, 0.29) is 16.9 Å². The fourth-order valence-corrected chi connectivity index (χ4v) is 3.32. The highest BCUT2D eigenvalue weighted by Crippen LogP contribution is 2.35. The molecule has 0 saturated carbocycles. The molecule has 1 heterocycles. The summed E-state index contributed by atoms with van der Waals surface area (Å²) in [6, 6.07) is 20.7. The number of esters is 1. The molecule has 0 fully saturated rings. The summed E-state index contributed by atoms with van der Waals surface area (Å²) in [5.41, 5.74) is 1.04. The first-order chi connectivity index (χ1) is 14.5. The SMILES string of the molecule is O=C(/C=C/c1ccccc1)Oc1c(-c2ccccc2Cl)oc2ccc(Cl)cc2c1=O. The number of hydrogen-bond acceptors (Lipinski definition) is 4. The van der Waals surface area contributed by atoms with Crippen molar-refractivity contribution in [2.75, 3.05) is 0 Å². The Morgan fingerprint density at radius 1 is 0.933 bits per heavy atom. The molecule has 4 rings (SSSR count). The number of halogens is 2. The lowest BCUT2D eigenvalue weighted by atomic mass is 10.1. The third kappa shape index (κ3) is 4.15. The van der Waals surface area contributed by atoms with E-state index in [0.717, 1.165) is 5.56 Å². The van der Waals surface area contributed by atoms with Gasteiger partial charge in [-0.3, -0.25) is 4.79 Å². The summed E-state index contributed by atoms with van der Waals surface area (Å²) in [4.78, 5) is 25.6. The van der Waals surface area contributed by atoms with Gasteiger partial charge in [-0.2, -0.15) is 0 Å². The van der Waals surface area contributed by atoms with Gasteiger partial charge in [-0.25, -0.2) is 4.79 Å². The lowest BCUT2D eigenvalue weighted by Gasteiger charge is -2.11. The van der Waals surface area contributed by atoms with Crippen LogP contribution in [0.1, 0.15) is 5.56 Å². The minimum atomic E-state index is -0.721. The van der Waals surface area contributed by atoms with Crippen molar-refractivity contribution in [1.82, 2.24) is 0 Å². The highest BCUT2D eigenvalue weighted by Gasteiger charge is 2.21. The van der Waals surface area contributed by atoms with Gasteiger partial charge in [0.25, 0.3) is 0 Å². The maximum Gasteiger partial charge on any atom is 0.336 e. The Hall–Kier alpha value is -3.34. The van der Waals surface area contributed by atoms with E-state index in [0.29, 0.717) is 21.2 Å². The van der Waals surface area contributed by atoms with Crippen LogP contribution in [0.15, 0.2) is 88.1 Å². The average Bonchev–Trinajstić information content (AvgIpc) is 2.76. The number of benzene rings is 3. The molecule has 148 valence electrons. The van der Waals surface area contributed by atoms with E-state index in [1.165, 1.54) is 12.1 Å². The van der Waals surface area contributed by atoms with Gasteiger partial charge >= 0.3 is 5.97 Å². The van der Waals surface area contributed by atoms with E-state index in [2.05, 4.69) is 0 Å². The van der Waals surface area contributed by atoms with Gasteiger partial charge in [0.05, 0.1) is 10.4 Å². The van der Waals surface area contributed by atoms with Gasteiger partial charge < -0.3 is 9.15 Å². The number of fused-ring (bicyclic) bond motifs is 1. The molecule has 3 aromatic carbocycles. The van der Waals surface area contributed by atoms with Gasteiger partial charge in [-0.1, -0.05) is 65.7 Å². The number of carbonyl (C=O) groups excluding carboxylic acids is 1. The maximum atomic E-state index is 13.1. The van der Waals surface area contributed by atoms with Gasteiger partial charge in [-0.05, 0) is 42.0 Å². The van der Waals surface area contributed by atoms with Crippen molar-refractivity contribution in [3.63, 3.8) is 0 Å². The van der Waals surface area contributed by atoms with Crippen LogP contribution < -0.4 is 10.2 Å². The molecule has 0 unspecified atom stereocenters. The summed E-state index contributed by atoms with van der Waals surface area (Å²) in [6.07, 6.45) is 2.84. The molecule has 6 heteroatoms. The highest BCUT2D eigenvalue weighted by atomic mass is 35.5. The first-order valence-electron chi connectivity index (χ1n) is 8.99. The van der Waals surface area contributed by atoms with Crippen molar-refractivity contribution in [2.24, 2.45) is 0 Å². The van der Waals surface area contributed by atoms with Crippen LogP contribution in [0, 0.1) is 0 Å². The molecule has 0 atom stereocenters. The summed E-state index contributed by atoms with van der Waals surface area (Å²) >= 11 is 12.3. The summed E-state index contributed by atoms with van der Waals surface area (Å²) in [5, 5.41) is 0.917. The smallest absolute Gasteiger partial charge is 0.336 e. The van der Waals surface area contributed by atoms with Crippen LogP contribution in [0.2, 0.25) is 10.0 Å². The van der Waals surface area contributed by atoms with Crippen LogP contribution in [-0.4, -0.2) is 5.97 Å². The second-order valence-electron chi connectivity index (χ2n) is 6.37. The van der Waals surface area contributed by atoms with Gasteiger partial charge in [0, 0.05) is 16.7 Å². The van der Waals surface area contributed by atoms with Crippen LogP contribution in [0.3, 0.4) is 0 Å². The minimum Gasteiger partial charge on any atom is -0.452 e. The standard InChI is InChI=1S/C24H14Cl2O4/c25-16-11-12-20-18(14-16)22(28)24(23(29-20)17-8-4-5-9-19(17)26)30-21(27)13-10-15-6-2-1-3-7-15/h1-14H/b13-10+. The molecule has 4 nitrogen and oxygen atoms in total. The van der Waals surface area contributed by atoms with E-state index in [4.69, 9.17) is 32.4 Å². The minimum absolute atomic E-state index is 0.0712. The van der Waals surface area contributed by atoms with Crippen molar-refractivity contribution < 1.29 is 13.9 Å². The number of hydrogen-bond donors (Lipinski definition) is 0. The van der Waals surface area contributed by atoms with E-state index in [1.807, 2.05) is 30.3 Å². The Balaban J connectivity index is 1.82. The number of carbonyl (C=O) groups is 1. The van der Waals surface area contributed by atoms with Crippen LogP contribution in [0.4, 0.5) is 0 Å². The zero-order chi connectivity index (χ0) is 21.1. The molecule has 1 aromatic heterocycles. The molecule has 30 heavy (non-hydrogen) atoms. The Morgan fingerprint density at radius 3 is 2.43 bits per heavy atom. The van der Waals surface area contributed by atoms with E-state index in [1.54, 1.807) is 42.5 Å². The van der Waals surface area contributed by atoms with E-state index < -0.39 is 11.4 Å². The second-order valence-corrected chi connectivity index (χ2v) is 7.22. The van der Waals surface area contributed by atoms with Crippen molar-refractivity contribution in [2.45, 2.75) is 0 Å². The molecular weight excluding hydrogens is 423 g/mol. The fourth-order valence-electron chi connectivity index (χ4n) is 2.93. The molecule has 0 amide bonds. The summed E-state index contributed by atoms with van der Waals surface area (Å²) in [6.45, 7) is 0. The first kappa shape index (κ1) is 20.0. The third-order valence-electron chi connectivity index (χ3n) is 4.34. The van der Waals surface area contributed by atoms with Crippen LogP contribution in [0.25, 0.3) is 28.4 Å². The quantitative estimate of drug-likeness (QED) is 0.274. The molecule has 0 aliphatic carbocycles. The molecular formula is C24H14Cl2O4. The molecule has 0 aliphatic rings. The number of rotatable bonds is 4. The largest absolute Gasteiger partial charge is 0.452 e. The van der Waals surface area contributed by atoms with Crippen LogP contribution in [0.5, 0.6) is 5.75 Å². The Labute approximate surface area is 181 Å². The molecule has 0 N–H and O–H groups in total. The summed E-state index contributed by atoms with van der Waals surface area (Å²) in [7, 11) is 0. The lowest BCUT2D eigenvalue weighted by Crippen LogP contribution is -2.14. The van der Waals surface area contributed by atoms with E-state index >= 15 is 0 Å².